The zero-order valence-corrected chi connectivity index (χ0v) is 26.1. The first-order valence-corrected chi connectivity index (χ1v) is 16.0. The summed E-state index contributed by atoms with van der Waals surface area (Å²) in [5, 5.41) is 3.13. The third-order valence-corrected chi connectivity index (χ3v) is 9.77. The number of aryl methyl sites for hydroxylation is 1. The minimum absolute atomic E-state index is 0.0335. The molecule has 1 atom stereocenters. The van der Waals surface area contributed by atoms with E-state index in [1.165, 1.54) is 37.3 Å². The van der Waals surface area contributed by atoms with Crippen molar-refractivity contribution in [3.05, 3.63) is 83.9 Å². The first kappa shape index (κ1) is 31.9. The summed E-state index contributed by atoms with van der Waals surface area (Å²) in [4.78, 5) is 29.2. The smallest absolute Gasteiger partial charge is 0.264 e. The molecule has 3 aromatic rings. The van der Waals surface area contributed by atoms with Crippen LogP contribution in [0.25, 0.3) is 0 Å². The molecule has 0 aliphatic heterocycles. The fourth-order valence-electron chi connectivity index (χ4n) is 5.35. The summed E-state index contributed by atoms with van der Waals surface area (Å²) in [6.07, 6.45) is 5.09. The van der Waals surface area contributed by atoms with E-state index < -0.39 is 28.5 Å². The molecule has 43 heavy (non-hydrogen) atoms. The van der Waals surface area contributed by atoms with Crippen LogP contribution in [0.1, 0.15) is 50.2 Å². The van der Waals surface area contributed by atoms with Gasteiger partial charge in [0.05, 0.1) is 24.8 Å². The molecular weight excluding hydrogens is 566 g/mol. The number of carbonyl (C=O) groups is 2. The van der Waals surface area contributed by atoms with Crippen LogP contribution in [-0.2, 0) is 26.2 Å². The number of anilines is 1. The fourth-order valence-corrected chi connectivity index (χ4v) is 6.78. The van der Waals surface area contributed by atoms with Crippen LogP contribution in [0, 0.1) is 6.92 Å². The van der Waals surface area contributed by atoms with Gasteiger partial charge in [-0.15, -0.1) is 0 Å². The Morgan fingerprint density at radius 2 is 1.56 bits per heavy atom. The highest BCUT2D eigenvalue weighted by Gasteiger charge is 2.33. The van der Waals surface area contributed by atoms with Crippen LogP contribution < -0.4 is 19.1 Å². The van der Waals surface area contributed by atoms with Crippen molar-refractivity contribution in [2.75, 3.05) is 25.1 Å². The molecule has 230 valence electrons. The Kier molecular flexibility index (Phi) is 10.7. The molecular formula is C33H41N3O6S. The maximum Gasteiger partial charge on any atom is 0.264 e. The van der Waals surface area contributed by atoms with Gasteiger partial charge in [-0.05, 0) is 62.1 Å². The van der Waals surface area contributed by atoms with Gasteiger partial charge in [0.1, 0.15) is 12.6 Å². The Morgan fingerprint density at radius 1 is 0.907 bits per heavy atom. The van der Waals surface area contributed by atoms with E-state index in [0.29, 0.717) is 11.5 Å². The van der Waals surface area contributed by atoms with Gasteiger partial charge in [-0.1, -0.05) is 61.7 Å². The van der Waals surface area contributed by atoms with Crippen molar-refractivity contribution in [2.45, 2.75) is 69.5 Å². The van der Waals surface area contributed by atoms with E-state index in [2.05, 4.69) is 5.32 Å². The second-order valence-electron chi connectivity index (χ2n) is 10.8. The van der Waals surface area contributed by atoms with Crippen molar-refractivity contribution in [2.24, 2.45) is 0 Å². The monoisotopic (exact) mass is 607 g/mol. The molecule has 2 amide bonds. The first-order valence-electron chi connectivity index (χ1n) is 14.6. The molecule has 0 radical (unpaired) electrons. The Balaban J connectivity index is 1.72. The van der Waals surface area contributed by atoms with Gasteiger partial charge in [-0.2, -0.15) is 0 Å². The van der Waals surface area contributed by atoms with Gasteiger partial charge in [0.25, 0.3) is 10.0 Å². The van der Waals surface area contributed by atoms with Crippen LogP contribution in [0.5, 0.6) is 11.5 Å². The van der Waals surface area contributed by atoms with Crippen LogP contribution in [0.3, 0.4) is 0 Å². The second kappa shape index (κ2) is 14.4. The molecule has 1 N–H and O–H groups in total. The van der Waals surface area contributed by atoms with E-state index in [9.17, 15) is 18.0 Å². The van der Waals surface area contributed by atoms with Crippen LogP contribution in [0.2, 0.25) is 0 Å². The average molecular weight is 608 g/mol. The topological polar surface area (TPSA) is 105 Å². The number of benzene rings is 3. The molecule has 0 aromatic heterocycles. The van der Waals surface area contributed by atoms with E-state index >= 15 is 0 Å². The number of methoxy groups -OCH3 is 2. The number of amides is 2. The Morgan fingerprint density at radius 3 is 2.21 bits per heavy atom. The van der Waals surface area contributed by atoms with Gasteiger partial charge < -0.3 is 19.7 Å². The molecule has 0 spiro atoms. The van der Waals surface area contributed by atoms with Gasteiger partial charge >= 0.3 is 0 Å². The number of rotatable bonds is 12. The van der Waals surface area contributed by atoms with Crippen LogP contribution in [0.4, 0.5) is 5.69 Å². The summed E-state index contributed by atoms with van der Waals surface area (Å²) in [5.41, 5.74) is 2.07. The quantitative estimate of drug-likeness (QED) is 0.308. The average Bonchev–Trinajstić information content (AvgIpc) is 3.03. The summed E-state index contributed by atoms with van der Waals surface area (Å²) in [5.74, 6) is -0.0252. The zero-order valence-electron chi connectivity index (χ0n) is 25.3. The molecule has 4 rings (SSSR count). The lowest BCUT2D eigenvalue weighted by Crippen LogP contribution is -2.53. The zero-order chi connectivity index (χ0) is 31.0. The molecule has 0 saturated heterocycles. The molecule has 10 heteroatoms. The van der Waals surface area contributed by atoms with Crippen LogP contribution in [-0.4, -0.2) is 58.0 Å². The standard InChI is InChI=1S/C33H41N3O6S/c1-24-13-11-12-14-26(24)22-35(25(2)33(38)34-27-15-7-5-8-16-27)32(37)23-36(43(39,40)29-17-9-6-10-18-29)28-19-20-30(41-3)31(21-28)42-4/h6,9-14,17-21,25,27H,5,7-8,15-16,22-23H2,1-4H3,(H,34,38)/t25-/m1/s1. The molecule has 3 aromatic carbocycles. The number of hydrogen-bond acceptors (Lipinski definition) is 6. The maximum absolute atomic E-state index is 14.2. The lowest BCUT2D eigenvalue weighted by atomic mass is 9.95. The summed E-state index contributed by atoms with van der Waals surface area (Å²) in [6, 6.07) is 19.5. The molecule has 1 aliphatic rings. The Hall–Kier alpha value is -4.05. The van der Waals surface area contributed by atoms with Crippen molar-refractivity contribution in [1.29, 1.82) is 0 Å². The number of ether oxygens (including phenoxy) is 2. The van der Waals surface area contributed by atoms with Crippen molar-refractivity contribution < 1.29 is 27.5 Å². The summed E-state index contributed by atoms with van der Waals surface area (Å²) in [6.45, 7) is 3.26. The minimum Gasteiger partial charge on any atom is -0.493 e. The molecule has 0 unspecified atom stereocenters. The van der Waals surface area contributed by atoms with Crippen molar-refractivity contribution in [3.63, 3.8) is 0 Å². The maximum atomic E-state index is 14.2. The van der Waals surface area contributed by atoms with Gasteiger partial charge in [0.15, 0.2) is 11.5 Å². The molecule has 0 heterocycles. The molecule has 1 saturated carbocycles. The molecule has 0 bridgehead atoms. The normalized spacial score (nSPS) is 14.4. The summed E-state index contributed by atoms with van der Waals surface area (Å²) < 4.78 is 39.9. The predicted molar refractivity (Wildman–Crippen MR) is 167 cm³/mol. The summed E-state index contributed by atoms with van der Waals surface area (Å²) in [7, 11) is -1.24. The third kappa shape index (κ3) is 7.67. The van der Waals surface area contributed by atoms with Crippen molar-refractivity contribution in [1.82, 2.24) is 10.2 Å². The number of hydrogen-bond donors (Lipinski definition) is 1. The predicted octanol–water partition coefficient (Wildman–Crippen LogP) is 5.07. The summed E-state index contributed by atoms with van der Waals surface area (Å²) >= 11 is 0. The highest BCUT2D eigenvalue weighted by atomic mass is 32.2. The van der Waals surface area contributed by atoms with E-state index in [1.54, 1.807) is 37.3 Å². The van der Waals surface area contributed by atoms with Crippen molar-refractivity contribution >= 4 is 27.5 Å². The molecule has 1 fully saturated rings. The van der Waals surface area contributed by atoms with E-state index in [1.807, 2.05) is 31.2 Å². The molecule has 1 aliphatic carbocycles. The van der Waals surface area contributed by atoms with Gasteiger partial charge in [0.2, 0.25) is 11.8 Å². The second-order valence-corrected chi connectivity index (χ2v) is 12.7. The third-order valence-electron chi connectivity index (χ3n) is 7.99. The SMILES string of the molecule is COc1ccc(N(CC(=O)N(Cc2ccccc2C)[C@H](C)C(=O)NC2CCCCC2)S(=O)(=O)c2ccccc2)cc1OC. The largest absolute Gasteiger partial charge is 0.493 e. The van der Waals surface area contributed by atoms with Gasteiger partial charge in [-0.25, -0.2) is 8.42 Å². The Labute approximate surface area is 254 Å². The van der Waals surface area contributed by atoms with Gasteiger partial charge in [0, 0.05) is 18.7 Å². The minimum atomic E-state index is -4.19. The first-order chi connectivity index (χ1) is 20.6. The number of carbonyl (C=O) groups excluding carboxylic acids is 2. The van der Waals surface area contributed by atoms with Gasteiger partial charge in [-0.3, -0.25) is 13.9 Å². The fraction of sp³-hybridized carbons (Fsp3) is 0.394. The van der Waals surface area contributed by atoms with Crippen LogP contribution in [0.15, 0.2) is 77.7 Å². The highest BCUT2D eigenvalue weighted by molar-refractivity contribution is 7.92. The number of nitrogens with one attached hydrogen (secondary N) is 1. The van der Waals surface area contributed by atoms with E-state index in [-0.39, 0.29) is 29.1 Å². The Bertz CT molecular complexity index is 1510. The van der Waals surface area contributed by atoms with E-state index in [4.69, 9.17) is 9.47 Å². The van der Waals surface area contributed by atoms with Crippen LogP contribution >= 0.6 is 0 Å². The lowest BCUT2D eigenvalue weighted by molar-refractivity contribution is -0.139. The lowest BCUT2D eigenvalue weighted by Gasteiger charge is -2.33. The van der Waals surface area contributed by atoms with E-state index in [0.717, 1.165) is 47.5 Å². The van der Waals surface area contributed by atoms with Crippen molar-refractivity contribution in [3.8, 4) is 11.5 Å². The highest BCUT2D eigenvalue weighted by Crippen LogP contribution is 2.34. The molecule has 9 nitrogen and oxygen atoms in total. The number of nitrogens with zero attached hydrogens (tertiary/aromatic N) is 2. The number of sulfonamides is 1.